The Balaban J connectivity index is 1.98. The number of rotatable bonds is 2. The number of hydrogen-bond donors (Lipinski definition) is 2. The lowest BCUT2D eigenvalue weighted by atomic mass is 10.0. The van der Waals surface area contributed by atoms with Crippen LogP contribution in [0.15, 0.2) is 18.2 Å². The van der Waals surface area contributed by atoms with Crippen LogP contribution in [0.3, 0.4) is 0 Å². The molecule has 1 fully saturated rings. The van der Waals surface area contributed by atoms with Crippen molar-refractivity contribution in [3.05, 3.63) is 23.8 Å². The number of phenols is 1. The summed E-state index contributed by atoms with van der Waals surface area (Å²) in [4.78, 5) is 28.1. The first-order valence-electron chi connectivity index (χ1n) is 7.45. The third-order valence-corrected chi connectivity index (χ3v) is 4.21. The van der Waals surface area contributed by atoms with E-state index in [-0.39, 0.29) is 11.8 Å². The average Bonchev–Trinajstić information content (AvgIpc) is 2.49. The van der Waals surface area contributed by atoms with Crippen molar-refractivity contribution in [1.82, 2.24) is 9.80 Å². The second-order valence-electron chi connectivity index (χ2n) is 5.90. The predicted octanol–water partition coefficient (Wildman–Crippen LogP) is 1.19. The topological polar surface area (TPSA) is 72.9 Å². The lowest BCUT2D eigenvalue weighted by Gasteiger charge is -2.34. The smallest absolute Gasteiger partial charge is 0.313 e. The van der Waals surface area contributed by atoms with E-state index >= 15 is 0 Å². The first-order chi connectivity index (χ1) is 10.4. The summed E-state index contributed by atoms with van der Waals surface area (Å²) in [6.45, 7) is 3.63. The Morgan fingerprint density at radius 1 is 1.32 bits per heavy atom. The van der Waals surface area contributed by atoms with Crippen LogP contribution in [-0.4, -0.2) is 59.9 Å². The standard InChI is InChI=1S/C16H23N3O3/c1-11-10-13(20)4-5-14(11)17-15(21)16(22)19(3)12-6-8-18(2)9-7-12/h4-5,10,12,20H,6-9H2,1-3H3,(H,17,21). The minimum atomic E-state index is -0.643. The second kappa shape index (κ2) is 6.79. The van der Waals surface area contributed by atoms with Crippen LogP contribution in [-0.2, 0) is 9.59 Å². The van der Waals surface area contributed by atoms with E-state index in [0.29, 0.717) is 11.3 Å². The quantitative estimate of drug-likeness (QED) is 0.636. The molecule has 2 amide bonds. The molecule has 6 heteroatoms. The van der Waals surface area contributed by atoms with Gasteiger partial charge >= 0.3 is 11.8 Å². The number of benzene rings is 1. The molecule has 1 aliphatic heterocycles. The zero-order chi connectivity index (χ0) is 16.3. The molecule has 1 aromatic rings. The molecule has 0 unspecified atom stereocenters. The van der Waals surface area contributed by atoms with E-state index < -0.39 is 11.8 Å². The van der Waals surface area contributed by atoms with Crippen LogP contribution in [0, 0.1) is 6.92 Å². The Morgan fingerprint density at radius 3 is 2.55 bits per heavy atom. The molecule has 0 aromatic heterocycles. The number of likely N-dealkylation sites (tertiary alicyclic amines) is 1. The van der Waals surface area contributed by atoms with Crippen molar-refractivity contribution in [1.29, 1.82) is 0 Å². The van der Waals surface area contributed by atoms with Crippen LogP contribution in [0.4, 0.5) is 5.69 Å². The molecule has 22 heavy (non-hydrogen) atoms. The van der Waals surface area contributed by atoms with Crippen LogP contribution in [0.2, 0.25) is 0 Å². The summed E-state index contributed by atoms with van der Waals surface area (Å²) >= 11 is 0. The van der Waals surface area contributed by atoms with Crippen LogP contribution in [0.1, 0.15) is 18.4 Å². The van der Waals surface area contributed by atoms with Crippen molar-refractivity contribution in [2.45, 2.75) is 25.8 Å². The highest BCUT2D eigenvalue weighted by molar-refractivity contribution is 6.39. The molecule has 1 heterocycles. The van der Waals surface area contributed by atoms with Crippen LogP contribution < -0.4 is 5.32 Å². The van der Waals surface area contributed by atoms with Gasteiger partial charge in [0.1, 0.15) is 5.75 Å². The SMILES string of the molecule is Cc1cc(O)ccc1NC(=O)C(=O)N(C)C1CCN(C)CC1. The number of carbonyl (C=O) groups is 2. The average molecular weight is 305 g/mol. The van der Waals surface area contributed by atoms with Gasteiger partial charge in [0.05, 0.1) is 0 Å². The van der Waals surface area contributed by atoms with E-state index in [1.54, 1.807) is 26.1 Å². The maximum absolute atomic E-state index is 12.3. The summed E-state index contributed by atoms with van der Waals surface area (Å²) in [6, 6.07) is 4.72. The van der Waals surface area contributed by atoms with Crippen molar-refractivity contribution in [3.63, 3.8) is 0 Å². The van der Waals surface area contributed by atoms with Crippen LogP contribution >= 0.6 is 0 Å². The monoisotopic (exact) mass is 305 g/mol. The van der Waals surface area contributed by atoms with E-state index in [1.807, 2.05) is 0 Å². The Morgan fingerprint density at radius 2 is 1.95 bits per heavy atom. The van der Waals surface area contributed by atoms with Crippen molar-refractivity contribution < 1.29 is 14.7 Å². The summed E-state index contributed by atoms with van der Waals surface area (Å²) in [7, 11) is 3.74. The fourth-order valence-electron chi connectivity index (χ4n) is 2.67. The molecule has 0 atom stereocenters. The summed E-state index contributed by atoms with van der Waals surface area (Å²) in [5.74, 6) is -1.04. The molecule has 0 radical (unpaired) electrons. The maximum atomic E-state index is 12.3. The number of nitrogens with zero attached hydrogens (tertiary/aromatic N) is 2. The van der Waals surface area contributed by atoms with Gasteiger partial charge in [-0.15, -0.1) is 0 Å². The first-order valence-corrected chi connectivity index (χ1v) is 7.45. The number of nitrogens with one attached hydrogen (secondary N) is 1. The Kier molecular flexibility index (Phi) is 5.03. The van der Waals surface area contributed by atoms with Gasteiger partial charge in [-0.3, -0.25) is 9.59 Å². The first kappa shape index (κ1) is 16.3. The minimum absolute atomic E-state index is 0.107. The minimum Gasteiger partial charge on any atom is -0.508 e. The molecule has 2 N–H and O–H groups in total. The maximum Gasteiger partial charge on any atom is 0.313 e. The van der Waals surface area contributed by atoms with Crippen molar-refractivity contribution in [3.8, 4) is 5.75 Å². The van der Waals surface area contributed by atoms with Gasteiger partial charge in [-0.1, -0.05) is 0 Å². The molecule has 0 saturated carbocycles. The largest absolute Gasteiger partial charge is 0.508 e. The molecule has 120 valence electrons. The molecule has 6 nitrogen and oxygen atoms in total. The molecular formula is C16H23N3O3. The fraction of sp³-hybridized carbons (Fsp3) is 0.500. The highest BCUT2D eigenvalue weighted by Crippen LogP contribution is 2.20. The fourth-order valence-corrected chi connectivity index (χ4v) is 2.67. The predicted molar refractivity (Wildman–Crippen MR) is 84.8 cm³/mol. The van der Waals surface area contributed by atoms with Crippen LogP contribution in [0.5, 0.6) is 5.75 Å². The summed E-state index contributed by atoms with van der Waals surface area (Å²) in [5, 5.41) is 12.0. The molecule has 0 spiro atoms. The van der Waals surface area contributed by atoms with Gasteiger partial charge in [-0.2, -0.15) is 0 Å². The summed E-state index contributed by atoms with van der Waals surface area (Å²) < 4.78 is 0. The zero-order valence-corrected chi connectivity index (χ0v) is 13.3. The van der Waals surface area contributed by atoms with Gasteiger partial charge in [-0.25, -0.2) is 0 Å². The van der Waals surface area contributed by atoms with Crippen molar-refractivity contribution >= 4 is 17.5 Å². The normalized spacial score (nSPS) is 16.3. The summed E-state index contributed by atoms with van der Waals surface area (Å²) in [6.07, 6.45) is 1.76. The molecular weight excluding hydrogens is 282 g/mol. The molecule has 1 aliphatic rings. The lowest BCUT2D eigenvalue weighted by Crippen LogP contribution is -2.47. The van der Waals surface area contributed by atoms with E-state index in [9.17, 15) is 14.7 Å². The van der Waals surface area contributed by atoms with Crippen molar-refractivity contribution in [2.75, 3.05) is 32.5 Å². The van der Waals surface area contributed by atoms with Gasteiger partial charge < -0.3 is 20.2 Å². The van der Waals surface area contributed by atoms with E-state index in [4.69, 9.17) is 0 Å². The van der Waals surface area contributed by atoms with Crippen LogP contribution in [0.25, 0.3) is 0 Å². The third kappa shape index (κ3) is 3.76. The van der Waals surface area contributed by atoms with Gasteiger partial charge in [0.2, 0.25) is 0 Å². The number of amides is 2. The number of aryl methyl sites for hydroxylation is 1. The number of phenolic OH excluding ortho intramolecular Hbond substituents is 1. The molecule has 0 aliphatic carbocycles. The van der Waals surface area contributed by atoms with Gasteiger partial charge in [0.15, 0.2) is 0 Å². The molecule has 2 rings (SSSR count). The van der Waals surface area contributed by atoms with E-state index in [1.165, 1.54) is 11.0 Å². The number of carbonyl (C=O) groups excluding carboxylic acids is 2. The number of piperidine rings is 1. The zero-order valence-electron chi connectivity index (χ0n) is 13.3. The Bertz CT molecular complexity index is 566. The molecule has 0 bridgehead atoms. The number of likely N-dealkylation sites (N-methyl/N-ethyl adjacent to an activating group) is 1. The highest BCUT2D eigenvalue weighted by Gasteiger charge is 2.28. The van der Waals surface area contributed by atoms with Gasteiger partial charge in [0, 0.05) is 18.8 Å². The number of anilines is 1. The van der Waals surface area contributed by atoms with Gasteiger partial charge in [-0.05, 0) is 63.7 Å². The highest BCUT2D eigenvalue weighted by atomic mass is 16.3. The van der Waals surface area contributed by atoms with Crippen molar-refractivity contribution in [2.24, 2.45) is 0 Å². The van der Waals surface area contributed by atoms with E-state index in [2.05, 4.69) is 17.3 Å². The van der Waals surface area contributed by atoms with E-state index in [0.717, 1.165) is 25.9 Å². The second-order valence-corrected chi connectivity index (χ2v) is 5.90. The lowest BCUT2D eigenvalue weighted by molar-refractivity contribution is -0.144. The molecule has 1 aromatic carbocycles. The Labute approximate surface area is 130 Å². The van der Waals surface area contributed by atoms with Gasteiger partial charge in [0.25, 0.3) is 0 Å². The third-order valence-electron chi connectivity index (χ3n) is 4.21. The number of hydrogen-bond acceptors (Lipinski definition) is 4. The Hall–Kier alpha value is -2.08. The summed E-state index contributed by atoms with van der Waals surface area (Å²) in [5.41, 5.74) is 1.25. The number of aromatic hydroxyl groups is 1. The molecule has 1 saturated heterocycles.